The molecule has 0 bridgehead atoms. The Bertz CT molecular complexity index is 240. The van der Waals surface area contributed by atoms with Crippen molar-refractivity contribution in [2.24, 2.45) is 17.8 Å². The van der Waals surface area contributed by atoms with Crippen molar-refractivity contribution in [3.63, 3.8) is 0 Å². The van der Waals surface area contributed by atoms with E-state index in [1.54, 1.807) is 0 Å². The van der Waals surface area contributed by atoms with Crippen LogP contribution in [0.3, 0.4) is 0 Å². The van der Waals surface area contributed by atoms with Crippen molar-refractivity contribution >= 4 is 0 Å². The van der Waals surface area contributed by atoms with Crippen molar-refractivity contribution in [3.05, 3.63) is 23.8 Å². The molecule has 1 fully saturated rings. The minimum Gasteiger partial charge on any atom is -0.316 e. The number of hydrogen-bond donors (Lipinski definition) is 1. The highest BCUT2D eigenvalue weighted by atomic mass is 14.9. The molecular weight excluding hydrogens is 158 g/mol. The lowest BCUT2D eigenvalue weighted by molar-refractivity contribution is 0.490. The van der Waals surface area contributed by atoms with Crippen molar-refractivity contribution < 1.29 is 0 Å². The van der Waals surface area contributed by atoms with Crippen LogP contribution in [0.4, 0.5) is 0 Å². The Morgan fingerprint density at radius 1 is 1.38 bits per heavy atom. The van der Waals surface area contributed by atoms with Gasteiger partial charge < -0.3 is 5.32 Å². The van der Waals surface area contributed by atoms with Gasteiger partial charge in [0.05, 0.1) is 0 Å². The Morgan fingerprint density at radius 2 is 2.23 bits per heavy atom. The largest absolute Gasteiger partial charge is 0.316 e. The molecule has 72 valence electrons. The van der Waals surface area contributed by atoms with Crippen LogP contribution in [0.1, 0.15) is 20.3 Å². The smallest absolute Gasteiger partial charge is 0.00176 e. The Morgan fingerprint density at radius 3 is 3.08 bits per heavy atom. The van der Waals surface area contributed by atoms with Gasteiger partial charge in [-0.15, -0.1) is 0 Å². The first-order valence-electron chi connectivity index (χ1n) is 5.33. The highest BCUT2D eigenvalue weighted by molar-refractivity contribution is 5.15. The maximum absolute atomic E-state index is 3.48. The molecule has 0 aromatic heterocycles. The zero-order chi connectivity index (χ0) is 9.26. The summed E-state index contributed by atoms with van der Waals surface area (Å²) < 4.78 is 0. The van der Waals surface area contributed by atoms with Crippen LogP contribution < -0.4 is 5.32 Å². The van der Waals surface area contributed by atoms with Crippen LogP contribution in [0.15, 0.2) is 23.8 Å². The lowest BCUT2D eigenvalue weighted by atomic mass is 9.86. The summed E-state index contributed by atoms with van der Waals surface area (Å²) in [7, 11) is 0. The molecule has 1 N–H and O–H groups in total. The Labute approximate surface area is 80.9 Å². The highest BCUT2D eigenvalue weighted by Gasteiger charge is 2.25. The van der Waals surface area contributed by atoms with E-state index >= 15 is 0 Å². The topological polar surface area (TPSA) is 12.0 Å². The monoisotopic (exact) mass is 177 g/mol. The molecule has 0 spiro atoms. The predicted octanol–water partition coefficient (Wildman–Crippen LogP) is 2.36. The average molecular weight is 177 g/mol. The van der Waals surface area contributed by atoms with Crippen molar-refractivity contribution in [1.82, 2.24) is 5.32 Å². The van der Waals surface area contributed by atoms with Crippen LogP contribution in [0.2, 0.25) is 0 Å². The van der Waals surface area contributed by atoms with Crippen molar-refractivity contribution in [3.8, 4) is 0 Å². The lowest BCUT2D eigenvalue weighted by Crippen LogP contribution is -2.12. The molecule has 2 aliphatic rings. The van der Waals surface area contributed by atoms with Gasteiger partial charge in [0.1, 0.15) is 0 Å². The molecule has 0 aromatic rings. The first-order chi connectivity index (χ1) is 6.27. The molecular formula is C12H19N. The van der Waals surface area contributed by atoms with E-state index in [2.05, 4.69) is 37.4 Å². The minimum absolute atomic E-state index is 0.640. The van der Waals surface area contributed by atoms with E-state index in [9.17, 15) is 0 Å². The van der Waals surface area contributed by atoms with Gasteiger partial charge in [-0.1, -0.05) is 30.7 Å². The summed E-state index contributed by atoms with van der Waals surface area (Å²) in [5.74, 6) is 2.27. The van der Waals surface area contributed by atoms with Gasteiger partial charge in [0.2, 0.25) is 0 Å². The Balaban J connectivity index is 2.18. The van der Waals surface area contributed by atoms with Gasteiger partial charge >= 0.3 is 0 Å². The minimum atomic E-state index is 0.640. The van der Waals surface area contributed by atoms with E-state index < -0.39 is 0 Å². The molecule has 0 amide bonds. The molecule has 13 heavy (non-hydrogen) atoms. The van der Waals surface area contributed by atoms with Gasteiger partial charge in [0.15, 0.2) is 0 Å². The zero-order valence-electron chi connectivity index (χ0n) is 8.59. The van der Waals surface area contributed by atoms with Crippen LogP contribution in [-0.2, 0) is 0 Å². The summed E-state index contributed by atoms with van der Waals surface area (Å²) in [5, 5.41) is 3.48. The third kappa shape index (κ3) is 1.86. The van der Waals surface area contributed by atoms with Crippen LogP contribution in [0, 0.1) is 17.8 Å². The average Bonchev–Trinajstić information content (AvgIpc) is 2.50. The fourth-order valence-electron chi connectivity index (χ4n) is 2.31. The molecule has 1 aliphatic heterocycles. The second kappa shape index (κ2) is 3.67. The van der Waals surface area contributed by atoms with Gasteiger partial charge in [-0.2, -0.15) is 0 Å². The Hall–Kier alpha value is -0.560. The number of rotatable bonds is 0. The standard InChI is InChI=1S/C12H19N/c1-9-4-3-5-11-7-13-8-12(11)6-10(9)2/h3-4,6,9,11-13H,5,7-8H2,1-2H3/b4-3-,10-6-/t9-,11-,12+/m0/s1. The SMILES string of the molecule is C/C1=C/[C@@H]2CNC[C@@H]2C/C=C\[C@@H]1C. The quantitative estimate of drug-likeness (QED) is 0.560. The normalized spacial score (nSPS) is 45.7. The maximum atomic E-state index is 3.48. The number of allylic oxidation sites excluding steroid dienone is 3. The molecule has 1 saturated heterocycles. The Kier molecular flexibility index (Phi) is 2.54. The fourth-order valence-corrected chi connectivity index (χ4v) is 2.31. The van der Waals surface area contributed by atoms with Crippen LogP contribution in [0.5, 0.6) is 0 Å². The van der Waals surface area contributed by atoms with Gasteiger partial charge in [-0.05, 0) is 37.6 Å². The summed E-state index contributed by atoms with van der Waals surface area (Å²) in [6.07, 6.45) is 8.46. The van der Waals surface area contributed by atoms with Gasteiger partial charge in [0.25, 0.3) is 0 Å². The first kappa shape index (κ1) is 9.01. The number of hydrogen-bond acceptors (Lipinski definition) is 1. The fraction of sp³-hybridized carbons (Fsp3) is 0.667. The van der Waals surface area contributed by atoms with E-state index in [4.69, 9.17) is 0 Å². The van der Waals surface area contributed by atoms with Crippen molar-refractivity contribution in [2.75, 3.05) is 13.1 Å². The van der Waals surface area contributed by atoms with E-state index in [0.717, 1.165) is 11.8 Å². The maximum Gasteiger partial charge on any atom is 0.00176 e. The summed E-state index contributed by atoms with van der Waals surface area (Å²) >= 11 is 0. The summed E-state index contributed by atoms with van der Waals surface area (Å²) in [6.45, 7) is 6.93. The second-order valence-corrected chi connectivity index (χ2v) is 4.45. The molecule has 1 nitrogen and oxygen atoms in total. The van der Waals surface area contributed by atoms with Crippen LogP contribution in [0.25, 0.3) is 0 Å². The van der Waals surface area contributed by atoms with E-state index in [1.807, 2.05) is 0 Å². The molecule has 0 unspecified atom stereocenters. The highest BCUT2D eigenvalue weighted by Crippen LogP contribution is 2.27. The third-order valence-corrected chi connectivity index (χ3v) is 3.45. The van der Waals surface area contributed by atoms with Gasteiger partial charge in [-0.3, -0.25) is 0 Å². The molecule has 0 radical (unpaired) electrons. The first-order valence-corrected chi connectivity index (χ1v) is 5.33. The molecule has 2 rings (SSSR count). The molecule has 1 heterocycles. The van der Waals surface area contributed by atoms with Crippen LogP contribution in [-0.4, -0.2) is 13.1 Å². The summed E-state index contributed by atoms with van der Waals surface area (Å²) in [6, 6.07) is 0. The van der Waals surface area contributed by atoms with Gasteiger partial charge in [-0.25, -0.2) is 0 Å². The number of fused-ring (bicyclic) bond motifs is 1. The van der Waals surface area contributed by atoms with Crippen molar-refractivity contribution in [1.29, 1.82) is 0 Å². The zero-order valence-corrected chi connectivity index (χ0v) is 8.59. The van der Waals surface area contributed by atoms with Crippen LogP contribution >= 0.6 is 0 Å². The van der Waals surface area contributed by atoms with E-state index in [1.165, 1.54) is 25.1 Å². The van der Waals surface area contributed by atoms with Crippen molar-refractivity contribution in [2.45, 2.75) is 20.3 Å². The molecule has 1 aliphatic carbocycles. The van der Waals surface area contributed by atoms with E-state index in [0.29, 0.717) is 5.92 Å². The van der Waals surface area contributed by atoms with E-state index in [-0.39, 0.29) is 0 Å². The predicted molar refractivity (Wildman–Crippen MR) is 56.5 cm³/mol. The second-order valence-electron chi connectivity index (χ2n) is 4.45. The molecule has 0 saturated carbocycles. The lowest BCUT2D eigenvalue weighted by Gasteiger charge is -2.19. The van der Waals surface area contributed by atoms with Gasteiger partial charge in [0, 0.05) is 6.54 Å². The summed E-state index contributed by atoms with van der Waals surface area (Å²) in [5.41, 5.74) is 1.54. The molecule has 0 aromatic carbocycles. The third-order valence-electron chi connectivity index (χ3n) is 3.45. The number of nitrogens with one attached hydrogen (secondary N) is 1. The molecule has 3 atom stereocenters. The molecule has 1 heteroatoms. The summed E-state index contributed by atoms with van der Waals surface area (Å²) in [4.78, 5) is 0.